The Morgan fingerprint density at radius 3 is 2.45 bits per heavy atom. The molecular weight excluding hydrogens is 504 g/mol. The van der Waals surface area contributed by atoms with E-state index in [9.17, 15) is 9.59 Å². The summed E-state index contributed by atoms with van der Waals surface area (Å²) in [4.78, 5) is 30.8. The maximum absolute atomic E-state index is 12.8. The first kappa shape index (κ1) is 28.9. The molecule has 0 aliphatic heterocycles. The van der Waals surface area contributed by atoms with Crippen molar-refractivity contribution in [1.82, 2.24) is 15.2 Å². The van der Waals surface area contributed by atoms with Crippen LogP contribution in [0.1, 0.15) is 41.9 Å². The van der Waals surface area contributed by atoms with Crippen molar-refractivity contribution in [3.63, 3.8) is 0 Å². The fourth-order valence-electron chi connectivity index (χ4n) is 3.76. The molecule has 0 fully saturated rings. The van der Waals surface area contributed by atoms with Crippen LogP contribution in [0, 0.1) is 6.92 Å². The number of likely N-dealkylation sites (N-methyl/N-ethyl adjacent to an activating group) is 1. The van der Waals surface area contributed by atoms with Crippen LogP contribution >= 0.6 is 11.6 Å². The van der Waals surface area contributed by atoms with Gasteiger partial charge in [0.2, 0.25) is 5.91 Å². The van der Waals surface area contributed by atoms with Crippen molar-refractivity contribution in [2.45, 2.75) is 33.6 Å². The first-order valence-electron chi connectivity index (χ1n) is 12.7. The van der Waals surface area contributed by atoms with Gasteiger partial charge in [0.15, 0.2) is 0 Å². The molecule has 0 unspecified atom stereocenters. The monoisotopic (exact) mass is 538 g/mol. The maximum Gasteiger partial charge on any atom is 0.269 e. The van der Waals surface area contributed by atoms with E-state index >= 15 is 0 Å². The number of hydrogen-bond donors (Lipinski definition) is 2. The molecule has 0 atom stereocenters. The van der Waals surface area contributed by atoms with Crippen LogP contribution in [0.4, 0.5) is 5.69 Å². The fourth-order valence-corrected chi connectivity index (χ4v) is 3.92. The summed E-state index contributed by atoms with van der Waals surface area (Å²) in [7, 11) is 1.55. The van der Waals surface area contributed by atoms with Gasteiger partial charge in [0.05, 0.1) is 5.69 Å². The molecule has 0 saturated heterocycles. The van der Waals surface area contributed by atoms with Crippen LogP contribution in [-0.4, -0.2) is 55.0 Å². The lowest BCUT2D eigenvalue weighted by atomic mass is 10.1. The summed E-state index contributed by atoms with van der Waals surface area (Å²) in [6, 6.07) is 14.4. The molecule has 2 N–H and O–H groups in total. The minimum atomic E-state index is -0.281. The standard InChI is InChI=1S/C29H35ClN4O4/c1-5-34(6-2)15-16-37-27-19-24(30)20(3)17-25(27)33-28(35)12-9-21-7-10-22(11-8-21)38-23-13-14-32-26(18-23)29(36)31-4/h7-8,10-11,13-14,17-19H,5-6,9,12,15-16H2,1-4H3,(H,31,36)(H,33,35). The van der Waals surface area contributed by atoms with E-state index in [1.165, 1.54) is 6.20 Å². The van der Waals surface area contributed by atoms with E-state index in [1.807, 2.05) is 37.3 Å². The third-order valence-corrected chi connectivity index (χ3v) is 6.49. The fraction of sp³-hybridized carbons (Fsp3) is 0.345. The molecule has 0 aliphatic carbocycles. The van der Waals surface area contributed by atoms with Crippen molar-refractivity contribution in [2.24, 2.45) is 0 Å². The zero-order valence-electron chi connectivity index (χ0n) is 22.3. The van der Waals surface area contributed by atoms with Crippen LogP contribution < -0.4 is 20.1 Å². The maximum atomic E-state index is 12.8. The minimum absolute atomic E-state index is 0.112. The predicted molar refractivity (Wildman–Crippen MR) is 151 cm³/mol. The van der Waals surface area contributed by atoms with E-state index in [-0.39, 0.29) is 17.5 Å². The highest BCUT2D eigenvalue weighted by Gasteiger charge is 2.13. The summed E-state index contributed by atoms with van der Waals surface area (Å²) < 4.78 is 11.8. The number of hydrogen-bond acceptors (Lipinski definition) is 6. The smallest absolute Gasteiger partial charge is 0.269 e. The van der Waals surface area contributed by atoms with Crippen LogP contribution in [0.3, 0.4) is 0 Å². The quantitative estimate of drug-likeness (QED) is 0.299. The van der Waals surface area contributed by atoms with E-state index in [0.717, 1.165) is 30.8 Å². The molecule has 0 radical (unpaired) electrons. The summed E-state index contributed by atoms with van der Waals surface area (Å²) in [5.74, 6) is 1.31. The number of anilines is 1. The Morgan fingerprint density at radius 2 is 1.76 bits per heavy atom. The predicted octanol–water partition coefficient (Wildman–Crippen LogP) is 5.49. The van der Waals surface area contributed by atoms with Gasteiger partial charge in [0.25, 0.3) is 5.91 Å². The van der Waals surface area contributed by atoms with Crippen molar-refractivity contribution in [3.8, 4) is 17.2 Å². The molecule has 0 saturated carbocycles. The number of aromatic nitrogens is 1. The van der Waals surface area contributed by atoms with Crippen LogP contribution in [0.2, 0.25) is 5.02 Å². The number of rotatable bonds is 13. The lowest BCUT2D eigenvalue weighted by molar-refractivity contribution is -0.116. The normalized spacial score (nSPS) is 10.8. The van der Waals surface area contributed by atoms with Gasteiger partial charge in [-0.3, -0.25) is 14.6 Å². The van der Waals surface area contributed by atoms with Crippen molar-refractivity contribution < 1.29 is 19.1 Å². The van der Waals surface area contributed by atoms with Gasteiger partial charge in [-0.1, -0.05) is 37.6 Å². The van der Waals surface area contributed by atoms with E-state index < -0.39 is 0 Å². The molecule has 3 rings (SSSR count). The van der Waals surface area contributed by atoms with E-state index in [1.54, 1.807) is 25.2 Å². The van der Waals surface area contributed by atoms with Crippen molar-refractivity contribution in [3.05, 3.63) is 76.6 Å². The van der Waals surface area contributed by atoms with Crippen molar-refractivity contribution >= 4 is 29.1 Å². The van der Waals surface area contributed by atoms with Gasteiger partial charge >= 0.3 is 0 Å². The first-order valence-corrected chi connectivity index (χ1v) is 13.1. The van der Waals surface area contributed by atoms with E-state index in [0.29, 0.717) is 47.4 Å². The average molecular weight is 539 g/mol. The van der Waals surface area contributed by atoms with Gasteiger partial charge < -0.3 is 25.0 Å². The Kier molecular flexibility index (Phi) is 10.9. The van der Waals surface area contributed by atoms with Crippen LogP contribution in [0.5, 0.6) is 17.2 Å². The second-order valence-electron chi connectivity index (χ2n) is 8.72. The highest BCUT2D eigenvalue weighted by molar-refractivity contribution is 6.31. The second kappa shape index (κ2) is 14.4. The summed E-state index contributed by atoms with van der Waals surface area (Å²) in [5.41, 5.74) is 2.76. The summed E-state index contributed by atoms with van der Waals surface area (Å²) >= 11 is 6.32. The SMILES string of the molecule is CCN(CC)CCOc1cc(Cl)c(C)cc1NC(=O)CCc1ccc(Oc2ccnc(C(=O)NC)c2)cc1. The number of ether oxygens (including phenoxy) is 2. The Labute approximate surface area is 229 Å². The molecular formula is C29H35ClN4O4. The number of pyridine rings is 1. The minimum Gasteiger partial charge on any atom is -0.490 e. The number of aryl methyl sites for hydroxylation is 2. The summed E-state index contributed by atoms with van der Waals surface area (Å²) in [6.45, 7) is 9.33. The first-order chi connectivity index (χ1) is 18.3. The molecule has 202 valence electrons. The Hall–Kier alpha value is -3.62. The molecule has 1 aromatic heterocycles. The largest absolute Gasteiger partial charge is 0.490 e. The number of halogens is 1. The van der Waals surface area contributed by atoms with Crippen LogP contribution in [0.15, 0.2) is 54.7 Å². The van der Waals surface area contributed by atoms with Crippen molar-refractivity contribution in [1.29, 1.82) is 0 Å². The van der Waals surface area contributed by atoms with Gasteiger partial charge in [-0.25, -0.2) is 0 Å². The number of nitrogens with one attached hydrogen (secondary N) is 2. The summed E-state index contributed by atoms with van der Waals surface area (Å²) in [6.07, 6.45) is 2.39. The number of nitrogens with zero attached hydrogens (tertiary/aromatic N) is 2. The van der Waals surface area contributed by atoms with Gasteiger partial charge in [0, 0.05) is 43.4 Å². The highest BCUT2D eigenvalue weighted by atomic mass is 35.5. The topological polar surface area (TPSA) is 92.8 Å². The van der Waals surface area contributed by atoms with Gasteiger partial charge in [0.1, 0.15) is 29.5 Å². The van der Waals surface area contributed by atoms with Crippen LogP contribution in [-0.2, 0) is 11.2 Å². The molecule has 0 aliphatic rings. The highest BCUT2D eigenvalue weighted by Crippen LogP contribution is 2.31. The zero-order chi connectivity index (χ0) is 27.5. The number of amides is 2. The molecule has 1 heterocycles. The zero-order valence-corrected chi connectivity index (χ0v) is 23.1. The molecule has 3 aromatic rings. The van der Waals surface area contributed by atoms with Gasteiger partial charge in [-0.15, -0.1) is 0 Å². The number of carbonyl (C=O) groups excluding carboxylic acids is 2. The van der Waals surface area contributed by atoms with E-state index in [2.05, 4.69) is 34.4 Å². The van der Waals surface area contributed by atoms with Gasteiger partial charge in [-0.05, 0) is 61.8 Å². The molecule has 2 amide bonds. The average Bonchev–Trinajstić information content (AvgIpc) is 2.93. The number of carbonyl (C=O) groups is 2. The van der Waals surface area contributed by atoms with Crippen molar-refractivity contribution in [2.75, 3.05) is 38.6 Å². The van der Waals surface area contributed by atoms with E-state index in [4.69, 9.17) is 21.1 Å². The Balaban J connectivity index is 1.56. The molecule has 2 aromatic carbocycles. The molecule has 8 nitrogen and oxygen atoms in total. The number of benzene rings is 2. The lowest BCUT2D eigenvalue weighted by Crippen LogP contribution is -2.28. The lowest BCUT2D eigenvalue weighted by Gasteiger charge is -2.19. The molecule has 0 spiro atoms. The Bertz CT molecular complexity index is 1230. The summed E-state index contributed by atoms with van der Waals surface area (Å²) in [5, 5.41) is 6.11. The third-order valence-electron chi connectivity index (χ3n) is 6.09. The third kappa shape index (κ3) is 8.46. The molecule has 9 heteroatoms. The molecule has 0 bridgehead atoms. The van der Waals surface area contributed by atoms with Gasteiger partial charge in [-0.2, -0.15) is 0 Å². The second-order valence-corrected chi connectivity index (χ2v) is 9.13. The van der Waals surface area contributed by atoms with Crippen LogP contribution in [0.25, 0.3) is 0 Å². The Morgan fingerprint density at radius 1 is 1.03 bits per heavy atom. The molecule has 38 heavy (non-hydrogen) atoms.